The number of piperidine rings is 1. The summed E-state index contributed by atoms with van der Waals surface area (Å²) in [4.78, 5) is 23.6. The third-order valence-electron chi connectivity index (χ3n) is 5.61. The van der Waals surface area contributed by atoms with E-state index < -0.39 is 0 Å². The molecule has 3 aliphatic heterocycles. The van der Waals surface area contributed by atoms with E-state index in [1.165, 1.54) is 34.8 Å². The van der Waals surface area contributed by atoms with Crippen LogP contribution >= 0.6 is 11.3 Å². The minimum atomic E-state index is 0.228. The highest BCUT2D eigenvalue weighted by Crippen LogP contribution is 2.36. The Bertz CT molecular complexity index is 595. The van der Waals surface area contributed by atoms with Crippen molar-refractivity contribution in [3.05, 3.63) is 15.6 Å². The molecule has 4 nitrogen and oxygen atoms in total. The molecule has 0 aromatic carbocycles. The summed E-state index contributed by atoms with van der Waals surface area (Å²) >= 11 is 1.83. The smallest absolute Gasteiger partial charge is 0.227 e. The summed E-state index contributed by atoms with van der Waals surface area (Å²) in [5.41, 5.74) is 1.25. The maximum atomic E-state index is 12.8. The maximum absolute atomic E-state index is 12.8. The molecule has 1 amide bonds. The zero-order chi connectivity index (χ0) is 16.0. The summed E-state index contributed by atoms with van der Waals surface area (Å²) < 4.78 is 0. The molecule has 1 saturated carbocycles. The van der Waals surface area contributed by atoms with Crippen molar-refractivity contribution in [1.29, 1.82) is 0 Å². The maximum Gasteiger partial charge on any atom is 0.227 e. The van der Waals surface area contributed by atoms with E-state index in [-0.39, 0.29) is 5.92 Å². The molecular weight excluding hydrogens is 306 g/mol. The van der Waals surface area contributed by atoms with E-state index in [4.69, 9.17) is 0 Å². The Hall–Kier alpha value is -0.940. The zero-order valence-electron chi connectivity index (χ0n) is 14.3. The van der Waals surface area contributed by atoms with E-state index in [0.717, 1.165) is 44.9 Å². The van der Waals surface area contributed by atoms with Gasteiger partial charge in [0, 0.05) is 37.1 Å². The van der Waals surface area contributed by atoms with Crippen molar-refractivity contribution < 1.29 is 4.79 Å². The Morgan fingerprint density at radius 1 is 1.22 bits per heavy atom. The zero-order valence-corrected chi connectivity index (χ0v) is 15.1. The summed E-state index contributed by atoms with van der Waals surface area (Å²) in [6.07, 6.45) is 5.94. The van der Waals surface area contributed by atoms with Crippen LogP contribution < -0.4 is 0 Å². The van der Waals surface area contributed by atoms with Crippen LogP contribution in [-0.4, -0.2) is 46.4 Å². The number of amides is 1. The molecule has 0 spiro atoms. The van der Waals surface area contributed by atoms with Crippen LogP contribution in [0.5, 0.6) is 0 Å². The van der Waals surface area contributed by atoms with Gasteiger partial charge in [-0.2, -0.15) is 0 Å². The highest BCUT2D eigenvalue weighted by Gasteiger charge is 2.42. The molecule has 23 heavy (non-hydrogen) atoms. The van der Waals surface area contributed by atoms with Gasteiger partial charge in [0.25, 0.3) is 0 Å². The predicted molar refractivity (Wildman–Crippen MR) is 92.5 cm³/mol. The van der Waals surface area contributed by atoms with Crippen LogP contribution in [-0.2, 0) is 17.8 Å². The first-order chi connectivity index (χ1) is 11.1. The van der Waals surface area contributed by atoms with Gasteiger partial charge in [0.2, 0.25) is 5.91 Å². The van der Waals surface area contributed by atoms with Crippen molar-refractivity contribution in [3.8, 4) is 0 Å². The quantitative estimate of drug-likeness (QED) is 0.831. The van der Waals surface area contributed by atoms with Gasteiger partial charge in [0.1, 0.15) is 0 Å². The van der Waals surface area contributed by atoms with Crippen LogP contribution in [0.15, 0.2) is 0 Å². The van der Waals surface area contributed by atoms with E-state index in [0.29, 0.717) is 11.9 Å². The third-order valence-corrected chi connectivity index (χ3v) is 6.61. The van der Waals surface area contributed by atoms with Crippen molar-refractivity contribution >= 4 is 17.2 Å². The molecular formula is C18H27N3OS. The van der Waals surface area contributed by atoms with E-state index >= 15 is 0 Å². The number of thiazole rings is 1. The Morgan fingerprint density at radius 3 is 2.78 bits per heavy atom. The molecule has 4 heterocycles. The van der Waals surface area contributed by atoms with Crippen molar-refractivity contribution in [2.24, 2.45) is 11.8 Å². The number of carbonyl (C=O) groups excluding carboxylic acids is 1. The molecule has 4 fully saturated rings. The predicted octanol–water partition coefficient (Wildman–Crippen LogP) is 2.85. The number of nitrogens with zero attached hydrogens (tertiary/aromatic N) is 3. The number of aromatic nitrogens is 1. The average Bonchev–Trinajstić information content (AvgIpc) is 3.31. The van der Waals surface area contributed by atoms with Gasteiger partial charge < -0.3 is 4.90 Å². The fourth-order valence-electron chi connectivity index (χ4n) is 4.19. The van der Waals surface area contributed by atoms with Gasteiger partial charge in [-0.05, 0) is 44.9 Å². The second-order valence-corrected chi connectivity index (χ2v) is 8.80. The van der Waals surface area contributed by atoms with Crippen molar-refractivity contribution in [1.82, 2.24) is 14.8 Å². The molecule has 1 aromatic heterocycles. The van der Waals surface area contributed by atoms with Crippen LogP contribution in [0.4, 0.5) is 0 Å². The summed E-state index contributed by atoms with van der Waals surface area (Å²) in [5.74, 6) is 1.46. The molecule has 0 radical (unpaired) electrons. The molecule has 5 rings (SSSR count). The Kier molecular flexibility index (Phi) is 4.18. The highest BCUT2D eigenvalue weighted by atomic mass is 32.1. The number of rotatable bonds is 5. The van der Waals surface area contributed by atoms with Gasteiger partial charge in [0.15, 0.2) is 0 Å². The Labute approximate surface area is 142 Å². The van der Waals surface area contributed by atoms with Crippen molar-refractivity contribution in [2.75, 3.05) is 19.6 Å². The largest absolute Gasteiger partial charge is 0.338 e. The monoisotopic (exact) mass is 333 g/mol. The topological polar surface area (TPSA) is 36.4 Å². The number of hydrogen-bond acceptors (Lipinski definition) is 4. The lowest BCUT2D eigenvalue weighted by molar-refractivity contribution is -0.140. The van der Waals surface area contributed by atoms with E-state index in [1.807, 2.05) is 11.3 Å². The second kappa shape index (κ2) is 6.17. The molecule has 3 saturated heterocycles. The molecule has 126 valence electrons. The number of fused-ring (bicyclic) bond motifs is 4. The second-order valence-electron chi connectivity index (χ2n) is 7.51. The van der Waals surface area contributed by atoms with Crippen LogP contribution in [0.3, 0.4) is 0 Å². The number of carbonyl (C=O) groups is 1. The van der Waals surface area contributed by atoms with Gasteiger partial charge in [-0.25, -0.2) is 4.98 Å². The van der Waals surface area contributed by atoms with Gasteiger partial charge in [-0.1, -0.05) is 6.92 Å². The first-order valence-corrected chi connectivity index (χ1v) is 9.93. The van der Waals surface area contributed by atoms with Crippen LogP contribution in [0.25, 0.3) is 0 Å². The van der Waals surface area contributed by atoms with Crippen LogP contribution in [0.2, 0.25) is 0 Å². The van der Waals surface area contributed by atoms with E-state index in [9.17, 15) is 4.79 Å². The summed E-state index contributed by atoms with van der Waals surface area (Å²) in [7, 11) is 0. The summed E-state index contributed by atoms with van der Waals surface area (Å²) in [5, 5.41) is 1.17. The molecule has 0 unspecified atom stereocenters. The summed E-state index contributed by atoms with van der Waals surface area (Å²) in [6.45, 7) is 8.27. The van der Waals surface area contributed by atoms with Crippen molar-refractivity contribution in [2.45, 2.75) is 58.5 Å². The van der Waals surface area contributed by atoms with Crippen LogP contribution in [0, 0.1) is 18.8 Å². The average molecular weight is 334 g/mol. The SMILES string of the molecule is CCc1nc(C)sc1CN1C[C@@H]2CC[C@H](C1)N(CC1CC1)C2=O. The molecule has 1 aromatic rings. The Morgan fingerprint density at radius 2 is 2.04 bits per heavy atom. The fourth-order valence-corrected chi connectivity index (χ4v) is 5.26. The molecule has 2 bridgehead atoms. The fraction of sp³-hybridized carbons (Fsp3) is 0.778. The van der Waals surface area contributed by atoms with Crippen molar-refractivity contribution in [3.63, 3.8) is 0 Å². The minimum Gasteiger partial charge on any atom is -0.338 e. The van der Waals surface area contributed by atoms with Gasteiger partial charge in [-0.15, -0.1) is 11.3 Å². The number of aryl methyl sites for hydroxylation is 2. The van der Waals surface area contributed by atoms with E-state index in [2.05, 4.69) is 28.6 Å². The normalized spacial score (nSPS) is 28.4. The lowest BCUT2D eigenvalue weighted by atomic mass is 9.94. The first-order valence-electron chi connectivity index (χ1n) is 9.12. The number of hydrogen-bond donors (Lipinski definition) is 0. The standard InChI is InChI=1S/C18H27N3OS/c1-3-16-17(23-12(2)19-16)11-20-9-14-6-7-15(10-20)21(18(14)22)8-13-4-5-13/h13-15H,3-11H2,1-2H3/t14-,15+/m0/s1. The highest BCUT2D eigenvalue weighted by molar-refractivity contribution is 7.11. The Balaban J connectivity index is 1.49. The lowest BCUT2D eigenvalue weighted by Gasteiger charge is -2.36. The minimum absolute atomic E-state index is 0.228. The van der Waals surface area contributed by atoms with Gasteiger partial charge in [-0.3, -0.25) is 9.69 Å². The molecule has 2 atom stereocenters. The molecule has 0 N–H and O–H groups in total. The first kappa shape index (κ1) is 15.6. The molecule has 4 aliphatic rings. The van der Waals surface area contributed by atoms with Gasteiger partial charge in [0.05, 0.1) is 16.6 Å². The molecule has 5 heteroatoms. The van der Waals surface area contributed by atoms with Crippen LogP contribution in [0.1, 0.15) is 48.2 Å². The van der Waals surface area contributed by atoms with E-state index in [1.54, 1.807) is 0 Å². The molecule has 1 aliphatic carbocycles. The lowest BCUT2D eigenvalue weighted by Crippen LogP contribution is -2.48. The van der Waals surface area contributed by atoms with Gasteiger partial charge >= 0.3 is 0 Å². The summed E-state index contributed by atoms with van der Waals surface area (Å²) in [6, 6.07) is 0.445. The third kappa shape index (κ3) is 3.18.